The second kappa shape index (κ2) is 5.54. The Hall–Kier alpha value is -1.40. The zero-order chi connectivity index (χ0) is 14.9. The fourth-order valence-corrected chi connectivity index (χ4v) is 4.21. The van der Waals surface area contributed by atoms with Gasteiger partial charge in [-0.25, -0.2) is 13.2 Å². The number of sulfonamides is 1. The highest BCUT2D eigenvalue weighted by molar-refractivity contribution is 7.89. The molecule has 2 rings (SSSR count). The molecular formula is C14H19NO4S. The monoisotopic (exact) mass is 297 g/mol. The van der Waals surface area contributed by atoms with E-state index in [0.717, 1.165) is 12.8 Å². The minimum Gasteiger partial charge on any atom is -0.478 e. The molecule has 0 aromatic heterocycles. The maximum atomic E-state index is 12.6. The highest BCUT2D eigenvalue weighted by Gasteiger charge is 2.30. The lowest BCUT2D eigenvalue weighted by Crippen LogP contribution is -2.38. The van der Waals surface area contributed by atoms with E-state index >= 15 is 0 Å². The zero-order valence-corrected chi connectivity index (χ0v) is 12.5. The number of benzene rings is 1. The van der Waals surface area contributed by atoms with Crippen LogP contribution in [0.25, 0.3) is 0 Å². The van der Waals surface area contributed by atoms with Crippen LogP contribution in [-0.2, 0) is 10.0 Å². The Labute approximate surface area is 119 Å². The first-order valence-corrected chi connectivity index (χ1v) is 8.11. The number of carboxylic acids is 1. The predicted molar refractivity (Wildman–Crippen MR) is 75.3 cm³/mol. The fraction of sp³-hybridized carbons (Fsp3) is 0.500. The molecule has 0 radical (unpaired) electrons. The van der Waals surface area contributed by atoms with Gasteiger partial charge in [0.15, 0.2) is 0 Å². The van der Waals surface area contributed by atoms with Crippen molar-refractivity contribution in [3.05, 3.63) is 29.3 Å². The van der Waals surface area contributed by atoms with E-state index in [1.807, 2.05) is 0 Å². The Balaban J connectivity index is 2.40. The molecule has 0 saturated carbocycles. The highest BCUT2D eigenvalue weighted by atomic mass is 32.2. The van der Waals surface area contributed by atoms with Gasteiger partial charge >= 0.3 is 5.97 Å². The molecule has 1 saturated heterocycles. The largest absolute Gasteiger partial charge is 0.478 e. The molecule has 1 aromatic carbocycles. The van der Waals surface area contributed by atoms with Crippen LogP contribution < -0.4 is 0 Å². The van der Waals surface area contributed by atoms with Crippen molar-refractivity contribution in [2.45, 2.75) is 31.6 Å². The average molecular weight is 297 g/mol. The topological polar surface area (TPSA) is 74.7 Å². The van der Waals surface area contributed by atoms with Crippen molar-refractivity contribution >= 4 is 16.0 Å². The third-order valence-electron chi connectivity index (χ3n) is 3.87. The second-order valence-corrected chi connectivity index (χ2v) is 7.23. The van der Waals surface area contributed by atoms with Gasteiger partial charge in [0.05, 0.1) is 10.5 Å². The first kappa shape index (κ1) is 15.0. The maximum Gasteiger partial charge on any atom is 0.335 e. The van der Waals surface area contributed by atoms with Crippen LogP contribution in [0.2, 0.25) is 0 Å². The lowest BCUT2D eigenvalue weighted by Gasteiger charge is -2.30. The molecule has 1 aliphatic heterocycles. The van der Waals surface area contributed by atoms with Crippen LogP contribution in [0.3, 0.4) is 0 Å². The van der Waals surface area contributed by atoms with Gasteiger partial charge in [-0.2, -0.15) is 4.31 Å². The van der Waals surface area contributed by atoms with Crippen molar-refractivity contribution in [2.24, 2.45) is 5.92 Å². The van der Waals surface area contributed by atoms with Crippen LogP contribution in [0.4, 0.5) is 0 Å². The molecule has 1 heterocycles. The van der Waals surface area contributed by atoms with E-state index < -0.39 is 16.0 Å². The molecule has 0 aliphatic carbocycles. The average Bonchev–Trinajstić information content (AvgIpc) is 2.38. The van der Waals surface area contributed by atoms with Crippen molar-refractivity contribution in [3.63, 3.8) is 0 Å². The summed E-state index contributed by atoms with van der Waals surface area (Å²) in [6, 6.07) is 4.39. The summed E-state index contributed by atoms with van der Waals surface area (Å²) < 4.78 is 26.7. The van der Waals surface area contributed by atoms with Crippen LogP contribution in [0.1, 0.15) is 35.7 Å². The van der Waals surface area contributed by atoms with Crippen LogP contribution in [-0.4, -0.2) is 36.9 Å². The summed E-state index contributed by atoms with van der Waals surface area (Å²) in [6.45, 7) is 4.66. The third-order valence-corrected chi connectivity index (χ3v) is 5.92. The van der Waals surface area contributed by atoms with Gasteiger partial charge in [-0.3, -0.25) is 0 Å². The molecule has 0 atom stereocenters. The number of piperidine rings is 1. The molecule has 0 unspecified atom stereocenters. The molecule has 0 spiro atoms. The smallest absolute Gasteiger partial charge is 0.335 e. The SMILES string of the molecule is Cc1c(C(=O)O)cccc1S(=O)(=O)N1CCC(C)CC1. The molecule has 110 valence electrons. The highest BCUT2D eigenvalue weighted by Crippen LogP contribution is 2.26. The van der Waals surface area contributed by atoms with Crippen molar-refractivity contribution in [2.75, 3.05) is 13.1 Å². The van der Waals surface area contributed by atoms with Gasteiger partial charge in [-0.15, -0.1) is 0 Å². The van der Waals surface area contributed by atoms with E-state index in [1.165, 1.54) is 22.5 Å². The third kappa shape index (κ3) is 2.71. The molecule has 0 amide bonds. The molecule has 6 heteroatoms. The number of hydrogen-bond donors (Lipinski definition) is 1. The molecule has 0 bridgehead atoms. The summed E-state index contributed by atoms with van der Waals surface area (Å²) in [4.78, 5) is 11.2. The molecule has 1 fully saturated rings. The second-order valence-electron chi connectivity index (χ2n) is 5.32. The first-order chi connectivity index (χ1) is 9.34. The van der Waals surface area contributed by atoms with Gasteiger partial charge in [0, 0.05) is 13.1 Å². The summed E-state index contributed by atoms with van der Waals surface area (Å²) in [6.07, 6.45) is 1.69. The van der Waals surface area contributed by atoms with Crippen molar-refractivity contribution in [1.29, 1.82) is 0 Å². The van der Waals surface area contributed by atoms with Crippen LogP contribution >= 0.6 is 0 Å². The van der Waals surface area contributed by atoms with Gasteiger partial charge < -0.3 is 5.11 Å². The lowest BCUT2D eigenvalue weighted by atomic mass is 10.0. The molecule has 20 heavy (non-hydrogen) atoms. The van der Waals surface area contributed by atoms with E-state index in [2.05, 4.69) is 6.92 Å². The standard InChI is InChI=1S/C14H19NO4S/c1-10-6-8-15(9-7-10)20(18,19)13-5-3-4-12(11(13)2)14(16)17/h3-5,10H,6-9H2,1-2H3,(H,16,17). The normalized spacial score (nSPS) is 18.1. The van der Waals surface area contributed by atoms with Crippen molar-refractivity contribution < 1.29 is 18.3 Å². The summed E-state index contributed by atoms with van der Waals surface area (Å²) in [5.74, 6) is -0.570. The Morgan fingerprint density at radius 3 is 2.45 bits per heavy atom. The van der Waals surface area contributed by atoms with Gasteiger partial charge in [0.25, 0.3) is 0 Å². The molecule has 1 aliphatic rings. The predicted octanol–water partition coefficient (Wildman–Crippen LogP) is 2.11. The number of rotatable bonds is 3. The minimum atomic E-state index is -3.60. The van der Waals surface area contributed by atoms with Crippen LogP contribution in [0, 0.1) is 12.8 Å². The number of carbonyl (C=O) groups is 1. The van der Waals surface area contributed by atoms with E-state index in [4.69, 9.17) is 5.11 Å². The van der Waals surface area contributed by atoms with E-state index in [0.29, 0.717) is 24.6 Å². The number of carboxylic acid groups (broad SMARTS) is 1. The van der Waals surface area contributed by atoms with Crippen molar-refractivity contribution in [3.8, 4) is 0 Å². The van der Waals surface area contributed by atoms with Gasteiger partial charge in [-0.05, 0) is 43.4 Å². The van der Waals surface area contributed by atoms with Gasteiger partial charge in [0.1, 0.15) is 0 Å². The quantitative estimate of drug-likeness (QED) is 0.927. The van der Waals surface area contributed by atoms with E-state index in [9.17, 15) is 13.2 Å². The van der Waals surface area contributed by atoms with E-state index in [-0.39, 0.29) is 10.5 Å². The lowest BCUT2D eigenvalue weighted by molar-refractivity contribution is 0.0696. The number of nitrogens with zero attached hydrogens (tertiary/aromatic N) is 1. The first-order valence-electron chi connectivity index (χ1n) is 6.67. The fourth-order valence-electron chi connectivity index (χ4n) is 2.49. The van der Waals surface area contributed by atoms with Crippen molar-refractivity contribution in [1.82, 2.24) is 4.31 Å². The Kier molecular flexibility index (Phi) is 4.15. The Morgan fingerprint density at radius 2 is 1.90 bits per heavy atom. The molecule has 1 aromatic rings. The van der Waals surface area contributed by atoms with Gasteiger partial charge in [-0.1, -0.05) is 13.0 Å². The minimum absolute atomic E-state index is 0.0384. The Morgan fingerprint density at radius 1 is 1.30 bits per heavy atom. The van der Waals surface area contributed by atoms with Crippen LogP contribution in [0.15, 0.2) is 23.1 Å². The van der Waals surface area contributed by atoms with Gasteiger partial charge in [0.2, 0.25) is 10.0 Å². The maximum absolute atomic E-state index is 12.6. The number of hydrogen-bond acceptors (Lipinski definition) is 3. The Bertz CT molecular complexity index is 616. The number of aromatic carboxylic acids is 1. The summed E-state index contributed by atoms with van der Waals surface area (Å²) in [5, 5.41) is 9.09. The molecule has 5 nitrogen and oxygen atoms in total. The summed E-state index contributed by atoms with van der Waals surface area (Å²) in [5.41, 5.74) is 0.343. The molecule has 1 N–H and O–H groups in total. The molecular weight excluding hydrogens is 278 g/mol. The van der Waals surface area contributed by atoms with E-state index in [1.54, 1.807) is 6.92 Å². The zero-order valence-electron chi connectivity index (χ0n) is 11.7. The summed E-state index contributed by atoms with van der Waals surface area (Å²) in [7, 11) is -3.60. The summed E-state index contributed by atoms with van der Waals surface area (Å²) >= 11 is 0. The van der Waals surface area contributed by atoms with Crippen LogP contribution in [0.5, 0.6) is 0 Å².